The Hall–Kier alpha value is -4.41. The second-order valence-corrected chi connectivity index (χ2v) is 9.06. The van der Waals surface area contributed by atoms with Gasteiger partial charge in [-0.1, -0.05) is 12.1 Å². The number of rotatable bonds is 5. The Balaban J connectivity index is 1.59. The van der Waals surface area contributed by atoms with Crippen molar-refractivity contribution < 1.29 is 32.6 Å². The van der Waals surface area contributed by atoms with Crippen LogP contribution in [0.25, 0.3) is 5.76 Å². The van der Waals surface area contributed by atoms with E-state index in [2.05, 4.69) is 19.8 Å². The molecular formula is C27H23F3N4O4. The molecule has 3 heterocycles. The van der Waals surface area contributed by atoms with Crippen LogP contribution in [0.15, 0.2) is 66.2 Å². The van der Waals surface area contributed by atoms with Gasteiger partial charge in [0, 0.05) is 24.3 Å². The summed E-state index contributed by atoms with van der Waals surface area (Å²) in [6.07, 6.45) is -2.69. The molecule has 1 amide bonds. The molecule has 1 N–H and O–H groups in total. The molecule has 1 aromatic heterocycles. The number of anilines is 2. The molecule has 0 spiro atoms. The monoisotopic (exact) mass is 524 g/mol. The Kier molecular flexibility index (Phi) is 6.52. The average molecular weight is 524 g/mol. The summed E-state index contributed by atoms with van der Waals surface area (Å²) in [5, 5.41) is 19.3. The maximum Gasteiger partial charge on any atom is 0.573 e. The van der Waals surface area contributed by atoms with Crippen molar-refractivity contribution in [1.29, 1.82) is 0 Å². The van der Waals surface area contributed by atoms with Crippen LogP contribution in [0, 0.1) is 6.92 Å². The van der Waals surface area contributed by atoms with Crippen LogP contribution >= 0.6 is 0 Å². The second-order valence-electron chi connectivity index (χ2n) is 9.06. The van der Waals surface area contributed by atoms with Gasteiger partial charge < -0.3 is 14.7 Å². The third-order valence-corrected chi connectivity index (χ3v) is 6.52. The van der Waals surface area contributed by atoms with Crippen molar-refractivity contribution in [3.8, 4) is 5.75 Å². The SMILES string of the molecule is Cc1ccc(N2C(=O)C(=O)C(=C(O)c3ccc(N4CCCC4)cc3)C2c2ccc(OC(F)(F)F)cc2)nn1. The molecule has 0 saturated carbocycles. The van der Waals surface area contributed by atoms with Gasteiger partial charge >= 0.3 is 12.3 Å². The first kappa shape index (κ1) is 25.2. The molecule has 0 radical (unpaired) electrons. The molecule has 1 atom stereocenters. The highest BCUT2D eigenvalue weighted by molar-refractivity contribution is 6.51. The Morgan fingerprint density at radius 1 is 0.947 bits per heavy atom. The summed E-state index contributed by atoms with van der Waals surface area (Å²) in [6.45, 7) is 3.57. The average Bonchev–Trinajstić information content (AvgIpc) is 3.51. The van der Waals surface area contributed by atoms with Crippen molar-refractivity contribution in [2.75, 3.05) is 22.9 Å². The quantitative estimate of drug-likeness (QED) is 0.288. The molecule has 3 aromatic rings. The molecule has 2 fully saturated rings. The number of aliphatic hydroxyl groups excluding tert-OH is 1. The molecule has 5 rings (SSSR count). The van der Waals surface area contributed by atoms with Crippen molar-refractivity contribution in [3.63, 3.8) is 0 Å². The lowest BCUT2D eigenvalue weighted by atomic mass is 9.95. The number of amides is 1. The molecular weight excluding hydrogens is 501 g/mol. The van der Waals surface area contributed by atoms with Crippen LogP contribution in [0.2, 0.25) is 0 Å². The Bertz CT molecular complexity index is 1380. The lowest BCUT2D eigenvalue weighted by Crippen LogP contribution is -2.30. The van der Waals surface area contributed by atoms with Gasteiger partial charge in [0.25, 0.3) is 5.78 Å². The fraction of sp³-hybridized carbons (Fsp3) is 0.259. The smallest absolute Gasteiger partial charge is 0.507 e. The summed E-state index contributed by atoms with van der Waals surface area (Å²) in [6, 6.07) is 13.7. The molecule has 0 bridgehead atoms. The summed E-state index contributed by atoms with van der Waals surface area (Å²) in [5.74, 6) is -2.71. The van der Waals surface area contributed by atoms with Crippen LogP contribution < -0.4 is 14.5 Å². The van der Waals surface area contributed by atoms with E-state index in [4.69, 9.17) is 0 Å². The molecule has 2 saturated heterocycles. The summed E-state index contributed by atoms with van der Waals surface area (Å²) >= 11 is 0. The van der Waals surface area contributed by atoms with E-state index >= 15 is 0 Å². The lowest BCUT2D eigenvalue weighted by molar-refractivity contribution is -0.274. The molecule has 2 aromatic carbocycles. The Labute approximate surface area is 216 Å². The van der Waals surface area contributed by atoms with Crippen LogP contribution in [0.4, 0.5) is 24.7 Å². The summed E-state index contributed by atoms with van der Waals surface area (Å²) in [4.78, 5) is 29.7. The van der Waals surface area contributed by atoms with E-state index in [0.717, 1.165) is 48.7 Å². The van der Waals surface area contributed by atoms with E-state index in [-0.39, 0.29) is 17.0 Å². The van der Waals surface area contributed by atoms with Crippen molar-refractivity contribution >= 4 is 29.0 Å². The van der Waals surface area contributed by atoms with Gasteiger partial charge in [0.05, 0.1) is 17.3 Å². The standard InChI is InChI=1S/C27H23F3N4O4/c1-16-4-13-21(32-31-16)34-23(17-7-11-20(12-8-17)38-27(28,29)30)22(25(36)26(34)37)24(35)18-5-9-19(10-6-18)33-14-2-3-15-33/h4-13,23,35H,2-3,14-15H2,1H3. The first-order valence-electron chi connectivity index (χ1n) is 11.9. The van der Waals surface area contributed by atoms with Gasteiger partial charge in [0.1, 0.15) is 11.5 Å². The number of aryl methyl sites for hydroxylation is 1. The topological polar surface area (TPSA) is 95.9 Å². The molecule has 11 heteroatoms. The molecule has 196 valence electrons. The summed E-state index contributed by atoms with van der Waals surface area (Å²) < 4.78 is 41.9. The number of hydrogen-bond donors (Lipinski definition) is 1. The van der Waals surface area contributed by atoms with Crippen LogP contribution in [-0.4, -0.2) is 46.4 Å². The van der Waals surface area contributed by atoms with Crippen molar-refractivity contribution in [2.45, 2.75) is 32.2 Å². The number of hydrogen-bond acceptors (Lipinski definition) is 7. The van der Waals surface area contributed by atoms with Gasteiger partial charge in [-0.2, -0.15) is 5.10 Å². The van der Waals surface area contributed by atoms with E-state index in [0.29, 0.717) is 11.3 Å². The van der Waals surface area contributed by atoms with Crippen molar-refractivity contribution in [1.82, 2.24) is 10.2 Å². The van der Waals surface area contributed by atoms with E-state index in [1.807, 2.05) is 12.1 Å². The minimum Gasteiger partial charge on any atom is -0.507 e. The lowest BCUT2D eigenvalue weighted by Gasteiger charge is -2.24. The number of nitrogens with zero attached hydrogens (tertiary/aromatic N) is 4. The maximum absolute atomic E-state index is 13.2. The van der Waals surface area contributed by atoms with Crippen molar-refractivity contribution in [2.24, 2.45) is 0 Å². The zero-order valence-electron chi connectivity index (χ0n) is 20.3. The van der Waals surface area contributed by atoms with Gasteiger partial charge in [-0.3, -0.25) is 14.5 Å². The number of carbonyl (C=O) groups is 2. The molecule has 1 unspecified atom stereocenters. The number of ketones is 1. The van der Waals surface area contributed by atoms with E-state index < -0.39 is 35.6 Å². The third kappa shape index (κ3) is 4.91. The Morgan fingerprint density at radius 3 is 2.18 bits per heavy atom. The van der Waals surface area contributed by atoms with Crippen molar-refractivity contribution in [3.05, 3.63) is 83.1 Å². The number of halogens is 3. The Morgan fingerprint density at radius 2 is 1.61 bits per heavy atom. The van der Waals surface area contributed by atoms with Gasteiger partial charge in [0.2, 0.25) is 0 Å². The number of carbonyl (C=O) groups excluding carboxylic acids is 2. The highest BCUT2D eigenvalue weighted by atomic mass is 19.4. The maximum atomic E-state index is 13.2. The number of benzene rings is 2. The molecule has 2 aliphatic heterocycles. The van der Waals surface area contributed by atoms with Crippen LogP contribution in [-0.2, 0) is 9.59 Å². The predicted molar refractivity (Wildman–Crippen MR) is 133 cm³/mol. The van der Waals surface area contributed by atoms with E-state index in [1.165, 1.54) is 18.2 Å². The summed E-state index contributed by atoms with van der Waals surface area (Å²) in [5.41, 5.74) is 1.94. The molecule has 0 aliphatic carbocycles. The predicted octanol–water partition coefficient (Wildman–Crippen LogP) is 4.91. The van der Waals surface area contributed by atoms with Crippen LogP contribution in [0.5, 0.6) is 5.75 Å². The number of ether oxygens (including phenoxy) is 1. The summed E-state index contributed by atoms with van der Waals surface area (Å²) in [7, 11) is 0. The highest BCUT2D eigenvalue weighted by Crippen LogP contribution is 2.42. The fourth-order valence-corrected chi connectivity index (χ4v) is 4.72. The van der Waals surface area contributed by atoms with E-state index in [1.54, 1.807) is 25.1 Å². The zero-order valence-corrected chi connectivity index (χ0v) is 20.3. The zero-order chi connectivity index (χ0) is 27.0. The second kappa shape index (κ2) is 9.81. The molecule has 38 heavy (non-hydrogen) atoms. The molecule has 2 aliphatic rings. The van der Waals surface area contributed by atoms with Gasteiger partial charge in [-0.05, 0) is 73.9 Å². The third-order valence-electron chi connectivity index (χ3n) is 6.52. The number of alkyl halides is 3. The fourth-order valence-electron chi connectivity index (χ4n) is 4.72. The minimum absolute atomic E-state index is 0.0572. The van der Waals surface area contributed by atoms with Crippen LogP contribution in [0.1, 0.15) is 35.7 Å². The number of aromatic nitrogens is 2. The van der Waals surface area contributed by atoms with Gasteiger partial charge in [0.15, 0.2) is 5.82 Å². The number of aliphatic hydroxyl groups is 1. The molecule has 8 nitrogen and oxygen atoms in total. The minimum atomic E-state index is -4.88. The first-order chi connectivity index (χ1) is 18.1. The number of Topliss-reactive ketones (excluding diaryl/α,β-unsaturated/α-hetero) is 1. The highest BCUT2D eigenvalue weighted by Gasteiger charge is 2.47. The van der Waals surface area contributed by atoms with Crippen LogP contribution in [0.3, 0.4) is 0 Å². The largest absolute Gasteiger partial charge is 0.573 e. The van der Waals surface area contributed by atoms with E-state index in [9.17, 15) is 27.9 Å². The van der Waals surface area contributed by atoms with Gasteiger partial charge in [-0.15, -0.1) is 18.3 Å². The van der Waals surface area contributed by atoms with Gasteiger partial charge in [-0.25, -0.2) is 0 Å². The normalized spacial score (nSPS) is 19.3. The first-order valence-corrected chi connectivity index (χ1v) is 11.9.